The maximum Gasteiger partial charge on any atom is 0.105 e. The SMILES string of the molecule is CB(BC(C)(C)C)C(C)C. The van der Waals surface area contributed by atoms with Crippen LogP contribution >= 0.6 is 0 Å². The van der Waals surface area contributed by atoms with E-state index in [0.29, 0.717) is 5.31 Å². The van der Waals surface area contributed by atoms with Crippen molar-refractivity contribution in [2.24, 2.45) is 0 Å². The van der Waals surface area contributed by atoms with Gasteiger partial charge in [-0.3, -0.25) is 0 Å². The van der Waals surface area contributed by atoms with E-state index in [-0.39, 0.29) is 0 Å². The third kappa shape index (κ3) is 4.96. The van der Waals surface area contributed by atoms with Crippen LogP contribution in [-0.4, -0.2) is 13.8 Å². The second-order valence-electron chi connectivity index (χ2n) is 4.99. The molecule has 2 heteroatoms. The molecule has 0 spiro atoms. The van der Waals surface area contributed by atoms with Crippen LogP contribution in [0.3, 0.4) is 0 Å². The molecule has 0 aliphatic heterocycles. The summed E-state index contributed by atoms with van der Waals surface area (Å²) in [5.74, 6) is 0.833. The maximum absolute atomic E-state index is 2.34. The second-order valence-corrected chi connectivity index (χ2v) is 4.99. The van der Waals surface area contributed by atoms with E-state index in [4.69, 9.17) is 0 Å². The van der Waals surface area contributed by atoms with Gasteiger partial charge in [0, 0.05) is 0 Å². The lowest BCUT2D eigenvalue weighted by molar-refractivity contribution is 0.760. The van der Waals surface area contributed by atoms with Crippen LogP contribution in [0.15, 0.2) is 0 Å². The summed E-state index contributed by atoms with van der Waals surface area (Å²) in [7, 11) is 1.34. The smallest absolute Gasteiger partial charge is 0.0920 e. The van der Waals surface area contributed by atoms with Crippen LogP contribution in [-0.2, 0) is 0 Å². The Bertz CT molecular complexity index is 91.9. The van der Waals surface area contributed by atoms with Gasteiger partial charge >= 0.3 is 0 Å². The van der Waals surface area contributed by atoms with E-state index in [1.807, 2.05) is 0 Å². The lowest BCUT2D eigenvalue weighted by Gasteiger charge is -2.21. The quantitative estimate of drug-likeness (QED) is 0.514. The molecule has 0 heterocycles. The van der Waals surface area contributed by atoms with Crippen molar-refractivity contribution in [1.82, 2.24) is 0 Å². The zero-order chi connectivity index (χ0) is 8.36. The average molecular weight is 138 g/mol. The van der Waals surface area contributed by atoms with Crippen LogP contribution in [0.1, 0.15) is 34.6 Å². The summed E-state index contributed by atoms with van der Waals surface area (Å²) in [6, 6.07) is 0. The monoisotopic (exact) mass is 138 g/mol. The molecule has 0 N–H and O–H groups in total. The van der Waals surface area contributed by atoms with Gasteiger partial charge in [-0.2, -0.15) is 0 Å². The van der Waals surface area contributed by atoms with Crippen molar-refractivity contribution in [3.05, 3.63) is 0 Å². The highest BCUT2D eigenvalue weighted by Crippen LogP contribution is 2.23. The van der Waals surface area contributed by atoms with Crippen molar-refractivity contribution in [3.8, 4) is 0 Å². The van der Waals surface area contributed by atoms with E-state index in [9.17, 15) is 0 Å². The van der Waals surface area contributed by atoms with Crippen LogP contribution < -0.4 is 0 Å². The molecule has 0 aliphatic carbocycles. The molecule has 0 aliphatic rings. The third-order valence-corrected chi connectivity index (χ3v) is 2.07. The number of hydrogen-bond donors (Lipinski definition) is 0. The van der Waals surface area contributed by atoms with Gasteiger partial charge < -0.3 is 0 Å². The lowest BCUT2D eigenvalue weighted by Crippen LogP contribution is -2.28. The molecule has 0 saturated carbocycles. The normalized spacial score (nSPS) is 11.9. The van der Waals surface area contributed by atoms with Crippen LogP contribution in [0.4, 0.5) is 0 Å². The standard InChI is InChI=1S/C8H20B2/c1-7(2)10(6)9-8(3,4)5/h7,9H,1-6H3. The van der Waals surface area contributed by atoms with Gasteiger partial charge in [0.05, 0.1) is 7.17 Å². The molecule has 0 fully saturated rings. The van der Waals surface area contributed by atoms with E-state index < -0.39 is 0 Å². The maximum atomic E-state index is 2.34. The summed E-state index contributed by atoms with van der Waals surface area (Å²) >= 11 is 0. The Morgan fingerprint density at radius 2 is 1.60 bits per heavy atom. The second kappa shape index (κ2) is 3.50. The number of hydrogen-bond acceptors (Lipinski definition) is 0. The van der Waals surface area contributed by atoms with E-state index in [0.717, 1.165) is 12.4 Å². The predicted molar refractivity (Wildman–Crippen MR) is 53.6 cm³/mol. The van der Waals surface area contributed by atoms with E-state index in [1.165, 1.54) is 7.17 Å². The van der Waals surface area contributed by atoms with Crippen molar-refractivity contribution >= 4 is 13.8 Å². The molecule has 0 aromatic heterocycles. The van der Waals surface area contributed by atoms with E-state index in [1.54, 1.807) is 0 Å². The van der Waals surface area contributed by atoms with Gasteiger partial charge in [0.15, 0.2) is 0 Å². The molecular weight excluding hydrogens is 118 g/mol. The summed E-state index contributed by atoms with van der Waals surface area (Å²) in [4.78, 5) is 0. The van der Waals surface area contributed by atoms with Crippen LogP contribution in [0.2, 0.25) is 18.0 Å². The highest BCUT2D eigenvalue weighted by molar-refractivity contribution is 7.13. The fourth-order valence-corrected chi connectivity index (χ4v) is 1.20. The average Bonchev–Trinajstić information content (AvgIpc) is 1.60. The first kappa shape index (κ1) is 10.1. The van der Waals surface area contributed by atoms with Gasteiger partial charge in [0.2, 0.25) is 0 Å². The van der Waals surface area contributed by atoms with Gasteiger partial charge in [-0.15, -0.1) is 0 Å². The molecule has 0 unspecified atom stereocenters. The molecular formula is C8H20B2. The Balaban J connectivity index is 3.68. The first-order valence-electron chi connectivity index (χ1n) is 4.33. The summed E-state index contributed by atoms with van der Waals surface area (Å²) in [5, 5.41) is 0.504. The van der Waals surface area contributed by atoms with Gasteiger partial charge in [0.1, 0.15) is 6.60 Å². The van der Waals surface area contributed by atoms with Crippen molar-refractivity contribution in [3.63, 3.8) is 0 Å². The molecule has 10 heavy (non-hydrogen) atoms. The minimum absolute atomic E-state index is 0.504. The Morgan fingerprint density at radius 3 is 1.70 bits per heavy atom. The minimum Gasteiger partial charge on any atom is -0.0920 e. The molecule has 0 atom stereocenters. The molecule has 0 aromatic carbocycles. The van der Waals surface area contributed by atoms with E-state index >= 15 is 0 Å². The fraction of sp³-hybridized carbons (Fsp3) is 1.00. The van der Waals surface area contributed by atoms with Crippen molar-refractivity contribution in [1.29, 1.82) is 0 Å². The predicted octanol–water partition coefficient (Wildman–Crippen LogP) is 2.67. The van der Waals surface area contributed by atoms with Crippen molar-refractivity contribution < 1.29 is 0 Å². The Hall–Kier alpha value is 0.130. The molecule has 0 aromatic rings. The van der Waals surface area contributed by atoms with Crippen molar-refractivity contribution in [2.75, 3.05) is 0 Å². The van der Waals surface area contributed by atoms with Gasteiger partial charge in [0.25, 0.3) is 0 Å². The van der Waals surface area contributed by atoms with Gasteiger partial charge in [-0.1, -0.05) is 52.6 Å². The molecule has 0 radical (unpaired) electrons. The molecule has 0 rings (SSSR count). The van der Waals surface area contributed by atoms with Gasteiger partial charge in [-0.05, 0) is 0 Å². The third-order valence-electron chi connectivity index (χ3n) is 2.07. The van der Waals surface area contributed by atoms with Crippen LogP contribution in [0.5, 0.6) is 0 Å². The molecule has 0 amide bonds. The zero-order valence-electron chi connectivity index (χ0n) is 8.36. The largest absolute Gasteiger partial charge is 0.105 e. The van der Waals surface area contributed by atoms with Crippen LogP contribution in [0, 0.1) is 0 Å². The summed E-state index contributed by atoms with van der Waals surface area (Å²) in [6.45, 7) is 14.7. The first-order chi connectivity index (χ1) is 4.33. The van der Waals surface area contributed by atoms with Crippen LogP contribution in [0.25, 0.3) is 0 Å². The van der Waals surface area contributed by atoms with Gasteiger partial charge in [-0.25, -0.2) is 0 Å². The Labute approximate surface area is 67.1 Å². The van der Waals surface area contributed by atoms with Crippen molar-refractivity contribution in [2.45, 2.75) is 52.6 Å². The first-order valence-corrected chi connectivity index (χ1v) is 4.33. The Morgan fingerprint density at radius 1 is 1.20 bits per heavy atom. The topological polar surface area (TPSA) is 0 Å². The summed E-state index contributed by atoms with van der Waals surface area (Å²) in [6.07, 6.45) is 0. The molecule has 0 nitrogen and oxygen atoms in total. The molecule has 0 bridgehead atoms. The lowest BCUT2D eigenvalue weighted by atomic mass is 9.13. The minimum atomic E-state index is 0.504. The molecule has 0 saturated heterocycles. The fourth-order valence-electron chi connectivity index (χ4n) is 1.20. The van der Waals surface area contributed by atoms with E-state index in [2.05, 4.69) is 41.4 Å². The highest BCUT2D eigenvalue weighted by Gasteiger charge is 2.21. The molecule has 58 valence electrons. The summed E-state index contributed by atoms with van der Waals surface area (Å²) in [5.41, 5.74) is 0. The Kier molecular flexibility index (Phi) is 3.55. The zero-order valence-corrected chi connectivity index (χ0v) is 8.36. The number of rotatable bonds is 2. The summed E-state index contributed by atoms with van der Waals surface area (Å²) < 4.78 is 0. The highest BCUT2D eigenvalue weighted by atomic mass is 14.0.